The van der Waals surface area contributed by atoms with Gasteiger partial charge in [0.15, 0.2) is 0 Å². The third kappa shape index (κ3) is 4.46. The van der Waals surface area contributed by atoms with Crippen LogP contribution < -0.4 is 5.32 Å². The molecule has 1 aromatic carbocycles. The molecule has 128 valence electrons. The molecule has 4 nitrogen and oxygen atoms in total. The van der Waals surface area contributed by atoms with Crippen molar-refractivity contribution in [2.75, 3.05) is 26.2 Å². The number of nitrogens with zero attached hydrogens (tertiary/aromatic N) is 1. The molecule has 3 atom stereocenters. The van der Waals surface area contributed by atoms with E-state index in [-0.39, 0.29) is 6.10 Å². The second-order valence-corrected chi connectivity index (χ2v) is 7.21. The van der Waals surface area contributed by atoms with Crippen LogP contribution in [0.1, 0.15) is 25.3 Å². The highest BCUT2D eigenvalue weighted by molar-refractivity contribution is 6.30. The van der Waals surface area contributed by atoms with E-state index in [2.05, 4.69) is 22.3 Å². The van der Waals surface area contributed by atoms with Gasteiger partial charge in [-0.25, -0.2) is 0 Å². The van der Waals surface area contributed by atoms with E-state index >= 15 is 0 Å². The number of aliphatic hydroxyl groups excluding tert-OH is 1. The molecule has 2 N–H and O–H groups in total. The van der Waals surface area contributed by atoms with Crippen LogP contribution in [0.15, 0.2) is 24.3 Å². The number of morpholine rings is 1. The normalized spacial score (nSPS) is 28.7. The molecule has 2 aliphatic rings. The van der Waals surface area contributed by atoms with Crippen molar-refractivity contribution in [3.63, 3.8) is 0 Å². The van der Waals surface area contributed by atoms with Gasteiger partial charge in [-0.05, 0) is 57.0 Å². The largest absolute Gasteiger partial charge is 0.391 e. The van der Waals surface area contributed by atoms with Crippen molar-refractivity contribution < 1.29 is 9.84 Å². The molecule has 2 heterocycles. The first-order valence-corrected chi connectivity index (χ1v) is 9.02. The Hall–Kier alpha value is -0.650. The Labute approximate surface area is 143 Å². The lowest BCUT2D eigenvalue weighted by molar-refractivity contribution is -0.120. The predicted octanol–water partition coefficient (Wildman–Crippen LogP) is 2.08. The Morgan fingerprint density at radius 1 is 1.30 bits per heavy atom. The number of nitrogens with one attached hydrogen (secondary N) is 1. The summed E-state index contributed by atoms with van der Waals surface area (Å²) < 4.78 is 5.94. The van der Waals surface area contributed by atoms with Crippen LogP contribution in [0, 0.1) is 0 Å². The highest BCUT2D eigenvalue weighted by Gasteiger charge is 2.35. The van der Waals surface area contributed by atoms with E-state index < -0.39 is 6.10 Å². The smallest absolute Gasteiger partial charge is 0.0958 e. The molecule has 2 saturated heterocycles. The number of hydrogen-bond donors (Lipinski definition) is 2. The lowest BCUT2D eigenvalue weighted by Gasteiger charge is -2.46. The van der Waals surface area contributed by atoms with Crippen LogP contribution in [0.5, 0.6) is 0 Å². The maximum Gasteiger partial charge on any atom is 0.0958 e. The summed E-state index contributed by atoms with van der Waals surface area (Å²) in [5.41, 5.74) is 1.29. The fraction of sp³-hybridized carbons (Fsp3) is 0.667. The van der Waals surface area contributed by atoms with Crippen LogP contribution in [-0.4, -0.2) is 60.5 Å². The van der Waals surface area contributed by atoms with Gasteiger partial charge in [-0.2, -0.15) is 0 Å². The highest BCUT2D eigenvalue weighted by atomic mass is 35.5. The quantitative estimate of drug-likeness (QED) is 0.882. The summed E-state index contributed by atoms with van der Waals surface area (Å²) in [5.74, 6) is 0. The second-order valence-electron chi connectivity index (χ2n) is 6.77. The van der Waals surface area contributed by atoms with Gasteiger partial charge in [-0.15, -0.1) is 0 Å². The Balaban J connectivity index is 1.71. The van der Waals surface area contributed by atoms with Crippen molar-refractivity contribution in [1.82, 2.24) is 10.2 Å². The van der Waals surface area contributed by atoms with Gasteiger partial charge < -0.3 is 15.2 Å². The standard InChI is InChI=1S/C18H27ClN2O2/c1-13(22)18-11-21(16-6-8-20-9-7-16)17(12-23-18)10-14-2-4-15(19)5-3-14/h2-5,13,16-18,20,22H,6-12H2,1H3/t13?,17-,18+/m0/s1. The van der Waals surface area contributed by atoms with Gasteiger partial charge in [0.05, 0.1) is 18.8 Å². The molecule has 1 aromatic rings. The first-order chi connectivity index (χ1) is 11.1. The summed E-state index contributed by atoms with van der Waals surface area (Å²) in [6.07, 6.45) is 2.81. The first kappa shape index (κ1) is 17.2. The molecule has 0 aromatic heterocycles. The van der Waals surface area contributed by atoms with E-state index in [0.717, 1.165) is 31.1 Å². The van der Waals surface area contributed by atoms with E-state index in [0.29, 0.717) is 18.7 Å². The molecule has 5 heteroatoms. The summed E-state index contributed by atoms with van der Waals surface area (Å²) in [7, 11) is 0. The summed E-state index contributed by atoms with van der Waals surface area (Å²) in [6.45, 7) is 5.48. The molecule has 0 radical (unpaired) electrons. The van der Waals surface area contributed by atoms with Crippen molar-refractivity contribution in [1.29, 1.82) is 0 Å². The molecule has 0 amide bonds. The first-order valence-electron chi connectivity index (χ1n) is 8.64. The van der Waals surface area contributed by atoms with E-state index in [1.165, 1.54) is 18.4 Å². The Morgan fingerprint density at radius 3 is 2.65 bits per heavy atom. The molecule has 0 aliphatic carbocycles. The number of aliphatic hydroxyl groups is 1. The minimum absolute atomic E-state index is 0.0775. The third-order valence-corrected chi connectivity index (χ3v) is 5.31. The lowest BCUT2D eigenvalue weighted by atomic mass is 9.96. The highest BCUT2D eigenvalue weighted by Crippen LogP contribution is 2.24. The fourth-order valence-electron chi connectivity index (χ4n) is 3.69. The van der Waals surface area contributed by atoms with Crippen LogP contribution in [-0.2, 0) is 11.2 Å². The van der Waals surface area contributed by atoms with Gasteiger partial charge >= 0.3 is 0 Å². The zero-order chi connectivity index (χ0) is 16.2. The van der Waals surface area contributed by atoms with Gasteiger partial charge in [-0.1, -0.05) is 23.7 Å². The molecule has 0 bridgehead atoms. The average molecular weight is 339 g/mol. The van der Waals surface area contributed by atoms with Gasteiger partial charge in [0, 0.05) is 23.7 Å². The third-order valence-electron chi connectivity index (χ3n) is 5.06. The average Bonchev–Trinajstić information content (AvgIpc) is 2.58. The molecular formula is C18H27ClN2O2. The zero-order valence-electron chi connectivity index (χ0n) is 13.7. The Bertz CT molecular complexity index is 488. The molecule has 1 unspecified atom stereocenters. The van der Waals surface area contributed by atoms with Crippen molar-refractivity contribution in [3.8, 4) is 0 Å². The Morgan fingerprint density at radius 2 is 2.00 bits per heavy atom. The molecule has 3 rings (SSSR count). The monoisotopic (exact) mass is 338 g/mol. The number of halogens is 1. The minimum atomic E-state index is -0.421. The minimum Gasteiger partial charge on any atom is -0.391 e. The molecule has 23 heavy (non-hydrogen) atoms. The van der Waals surface area contributed by atoms with Crippen molar-refractivity contribution in [3.05, 3.63) is 34.9 Å². The lowest BCUT2D eigenvalue weighted by Crippen LogP contribution is -2.58. The van der Waals surface area contributed by atoms with Gasteiger partial charge in [0.1, 0.15) is 0 Å². The molecule has 2 aliphatic heterocycles. The van der Waals surface area contributed by atoms with E-state index in [1.54, 1.807) is 0 Å². The topological polar surface area (TPSA) is 44.7 Å². The zero-order valence-corrected chi connectivity index (χ0v) is 14.5. The number of ether oxygens (including phenoxy) is 1. The summed E-state index contributed by atoms with van der Waals surface area (Å²) in [6, 6.07) is 9.06. The van der Waals surface area contributed by atoms with Gasteiger partial charge in [0.25, 0.3) is 0 Å². The fourth-order valence-corrected chi connectivity index (χ4v) is 3.81. The SMILES string of the molecule is CC(O)[C@H]1CN(C2CCNCC2)[C@@H](Cc2ccc(Cl)cc2)CO1. The van der Waals surface area contributed by atoms with Crippen LogP contribution in [0.3, 0.4) is 0 Å². The maximum absolute atomic E-state index is 9.92. The van der Waals surface area contributed by atoms with Crippen LogP contribution in [0.25, 0.3) is 0 Å². The van der Waals surface area contributed by atoms with Crippen LogP contribution in [0.4, 0.5) is 0 Å². The van der Waals surface area contributed by atoms with Crippen molar-refractivity contribution in [2.45, 2.75) is 50.5 Å². The Kier molecular flexibility index (Phi) is 5.94. The second kappa shape index (κ2) is 7.95. The molecule has 0 spiro atoms. The van der Waals surface area contributed by atoms with Gasteiger partial charge in [-0.3, -0.25) is 4.90 Å². The van der Waals surface area contributed by atoms with Crippen molar-refractivity contribution >= 4 is 11.6 Å². The van der Waals surface area contributed by atoms with Gasteiger partial charge in [0.2, 0.25) is 0 Å². The maximum atomic E-state index is 9.92. The number of benzene rings is 1. The summed E-state index contributed by atoms with van der Waals surface area (Å²) in [4.78, 5) is 2.58. The molecule has 2 fully saturated rings. The predicted molar refractivity (Wildman–Crippen MR) is 93.0 cm³/mol. The summed E-state index contributed by atoms with van der Waals surface area (Å²) in [5, 5.41) is 14.1. The van der Waals surface area contributed by atoms with E-state index in [9.17, 15) is 5.11 Å². The van der Waals surface area contributed by atoms with E-state index in [4.69, 9.17) is 16.3 Å². The molecule has 0 saturated carbocycles. The number of rotatable bonds is 4. The summed E-state index contributed by atoms with van der Waals surface area (Å²) >= 11 is 5.99. The number of hydrogen-bond acceptors (Lipinski definition) is 4. The van der Waals surface area contributed by atoms with Crippen molar-refractivity contribution in [2.24, 2.45) is 0 Å². The molecular weight excluding hydrogens is 312 g/mol. The van der Waals surface area contributed by atoms with Crippen LogP contribution >= 0.6 is 11.6 Å². The van der Waals surface area contributed by atoms with Crippen LogP contribution in [0.2, 0.25) is 5.02 Å². The van der Waals surface area contributed by atoms with E-state index in [1.807, 2.05) is 19.1 Å². The number of piperidine rings is 1.